The van der Waals surface area contributed by atoms with Crippen molar-refractivity contribution in [3.63, 3.8) is 0 Å². The fourth-order valence-electron chi connectivity index (χ4n) is 2.04. The van der Waals surface area contributed by atoms with E-state index in [0.717, 1.165) is 16.7 Å². The molecule has 0 spiro atoms. The molecule has 0 atom stereocenters. The lowest BCUT2D eigenvalue weighted by Gasteiger charge is -2.10. The third-order valence-electron chi connectivity index (χ3n) is 3.60. The summed E-state index contributed by atoms with van der Waals surface area (Å²) in [6.07, 6.45) is 0. The number of rotatable bonds is 6. The molecular formula is C19H21NO4. The minimum atomic E-state index is -0.588. The largest absolute Gasteiger partial charge is 0.482 e. The molecule has 2 rings (SSSR count). The number of esters is 1. The van der Waals surface area contributed by atoms with Crippen LogP contribution in [0.3, 0.4) is 0 Å². The molecule has 5 nitrogen and oxygen atoms in total. The van der Waals surface area contributed by atoms with E-state index in [1.165, 1.54) is 0 Å². The molecule has 0 aliphatic carbocycles. The van der Waals surface area contributed by atoms with Crippen molar-refractivity contribution in [2.24, 2.45) is 0 Å². The van der Waals surface area contributed by atoms with Crippen molar-refractivity contribution in [1.29, 1.82) is 0 Å². The topological polar surface area (TPSA) is 64.6 Å². The molecular weight excluding hydrogens is 306 g/mol. The van der Waals surface area contributed by atoms with Crippen LogP contribution < -0.4 is 10.1 Å². The summed E-state index contributed by atoms with van der Waals surface area (Å²) in [4.78, 5) is 23.4. The highest BCUT2D eigenvalue weighted by Crippen LogP contribution is 2.20. The number of carbonyl (C=O) groups is 2. The van der Waals surface area contributed by atoms with Crippen LogP contribution in [-0.2, 0) is 14.3 Å². The van der Waals surface area contributed by atoms with E-state index < -0.39 is 5.97 Å². The van der Waals surface area contributed by atoms with Gasteiger partial charge < -0.3 is 14.8 Å². The molecule has 0 unspecified atom stereocenters. The van der Waals surface area contributed by atoms with Crippen LogP contribution in [0.4, 0.5) is 5.69 Å². The molecule has 2 aromatic rings. The standard InChI is InChI=1S/C19H21NO4/c1-13-7-9-16(10-8-13)20-18(21)11-24-19(22)12-23-17-6-4-5-14(2)15(17)3/h4-10H,11-12H2,1-3H3,(H,20,21). The van der Waals surface area contributed by atoms with Gasteiger partial charge in [0.05, 0.1) is 0 Å². The minimum Gasteiger partial charge on any atom is -0.482 e. The van der Waals surface area contributed by atoms with E-state index in [1.807, 2.05) is 45.0 Å². The molecule has 0 fully saturated rings. The van der Waals surface area contributed by atoms with Crippen LogP contribution in [0.15, 0.2) is 42.5 Å². The summed E-state index contributed by atoms with van der Waals surface area (Å²) in [6.45, 7) is 5.27. The Morgan fingerprint density at radius 3 is 2.38 bits per heavy atom. The second kappa shape index (κ2) is 8.15. The van der Waals surface area contributed by atoms with Gasteiger partial charge in [-0.2, -0.15) is 0 Å². The van der Waals surface area contributed by atoms with E-state index in [2.05, 4.69) is 5.32 Å². The Morgan fingerprint density at radius 1 is 0.958 bits per heavy atom. The molecule has 0 bridgehead atoms. The number of hydrogen-bond donors (Lipinski definition) is 1. The van der Waals surface area contributed by atoms with Crippen molar-refractivity contribution < 1.29 is 19.1 Å². The van der Waals surface area contributed by atoms with Gasteiger partial charge in [-0.05, 0) is 50.1 Å². The first-order valence-electron chi connectivity index (χ1n) is 7.67. The number of amides is 1. The zero-order valence-electron chi connectivity index (χ0n) is 14.1. The lowest BCUT2D eigenvalue weighted by molar-refractivity contribution is -0.149. The number of nitrogens with one attached hydrogen (secondary N) is 1. The number of carbonyl (C=O) groups excluding carboxylic acids is 2. The molecule has 1 N–H and O–H groups in total. The maximum absolute atomic E-state index is 11.7. The fraction of sp³-hybridized carbons (Fsp3) is 0.263. The van der Waals surface area contributed by atoms with Gasteiger partial charge in [-0.1, -0.05) is 29.8 Å². The molecule has 5 heteroatoms. The second-order valence-electron chi connectivity index (χ2n) is 5.56. The van der Waals surface area contributed by atoms with Crippen molar-refractivity contribution in [1.82, 2.24) is 0 Å². The summed E-state index contributed by atoms with van der Waals surface area (Å²) >= 11 is 0. The van der Waals surface area contributed by atoms with Crippen LogP contribution in [0, 0.1) is 20.8 Å². The summed E-state index contributed by atoms with van der Waals surface area (Å²) < 4.78 is 10.4. The van der Waals surface area contributed by atoms with Crippen molar-refractivity contribution in [2.75, 3.05) is 18.5 Å². The SMILES string of the molecule is Cc1ccc(NC(=O)COC(=O)COc2cccc(C)c2C)cc1. The van der Waals surface area contributed by atoms with Gasteiger partial charge in [0.1, 0.15) is 5.75 Å². The summed E-state index contributed by atoms with van der Waals surface area (Å²) in [5, 5.41) is 2.66. The third kappa shape index (κ3) is 5.12. The molecule has 0 heterocycles. The highest BCUT2D eigenvalue weighted by Gasteiger charge is 2.10. The number of ether oxygens (including phenoxy) is 2. The molecule has 2 aromatic carbocycles. The first-order valence-corrected chi connectivity index (χ1v) is 7.67. The van der Waals surface area contributed by atoms with Crippen molar-refractivity contribution >= 4 is 17.6 Å². The van der Waals surface area contributed by atoms with Crippen LogP contribution in [0.5, 0.6) is 5.75 Å². The Bertz CT molecular complexity index is 723. The maximum atomic E-state index is 11.7. The number of anilines is 1. The molecule has 0 aliphatic heterocycles. The fourth-order valence-corrected chi connectivity index (χ4v) is 2.04. The molecule has 0 radical (unpaired) electrons. The van der Waals surface area contributed by atoms with Crippen molar-refractivity contribution in [2.45, 2.75) is 20.8 Å². The summed E-state index contributed by atoms with van der Waals surface area (Å²) in [6, 6.07) is 13.0. The Balaban J connectivity index is 1.75. The Morgan fingerprint density at radius 2 is 1.67 bits per heavy atom. The van der Waals surface area contributed by atoms with Gasteiger partial charge in [0.2, 0.25) is 0 Å². The van der Waals surface area contributed by atoms with Crippen molar-refractivity contribution in [3.05, 3.63) is 59.2 Å². The van der Waals surface area contributed by atoms with E-state index in [-0.39, 0.29) is 19.1 Å². The third-order valence-corrected chi connectivity index (χ3v) is 3.60. The van der Waals surface area contributed by atoms with E-state index >= 15 is 0 Å². The summed E-state index contributed by atoms with van der Waals surface area (Å²) in [5.74, 6) is -0.343. The molecule has 0 aliphatic rings. The lowest BCUT2D eigenvalue weighted by Crippen LogP contribution is -2.23. The average Bonchev–Trinajstić information content (AvgIpc) is 2.56. The van der Waals surface area contributed by atoms with Crippen LogP contribution in [0.1, 0.15) is 16.7 Å². The van der Waals surface area contributed by atoms with E-state index in [1.54, 1.807) is 18.2 Å². The molecule has 24 heavy (non-hydrogen) atoms. The lowest BCUT2D eigenvalue weighted by atomic mass is 10.1. The zero-order chi connectivity index (χ0) is 17.5. The van der Waals surface area contributed by atoms with Crippen LogP contribution >= 0.6 is 0 Å². The van der Waals surface area contributed by atoms with Gasteiger partial charge >= 0.3 is 5.97 Å². The molecule has 0 saturated carbocycles. The Labute approximate surface area is 141 Å². The number of aryl methyl sites for hydroxylation is 2. The van der Waals surface area contributed by atoms with Crippen LogP contribution in [-0.4, -0.2) is 25.1 Å². The first kappa shape index (κ1) is 17.5. The van der Waals surface area contributed by atoms with Crippen molar-refractivity contribution in [3.8, 4) is 5.75 Å². The van der Waals surface area contributed by atoms with Gasteiger partial charge in [0.15, 0.2) is 13.2 Å². The first-order chi connectivity index (χ1) is 11.5. The van der Waals surface area contributed by atoms with Gasteiger partial charge in [0, 0.05) is 5.69 Å². The molecule has 126 valence electrons. The monoisotopic (exact) mass is 327 g/mol. The van der Waals surface area contributed by atoms with Gasteiger partial charge in [-0.25, -0.2) is 4.79 Å². The molecule has 0 saturated heterocycles. The van der Waals surface area contributed by atoms with Crippen LogP contribution in [0.25, 0.3) is 0 Å². The highest BCUT2D eigenvalue weighted by atomic mass is 16.6. The number of hydrogen-bond acceptors (Lipinski definition) is 4. The Kier molecular flexibility index (Phi) is 5.95. The zero-order valence-corrected chi connectivity index (χ0v) is 14.1. The predicted molar refractivity (Wildman–Crippen MR) is 92.2 cm³/mol. The van der Waals surface area contributed by atoms with Gasteiger partial charge in [-0.3, -0.25) is 4.79 Å². The maximum Gasteiger partial charge on any atom is 0.344 e. The average molecular weight is 327 g/mol. The van der Waals surface area contributed by atoms with E-state index in [0.29, 0.717) is 11.4 Å². The quantitative estimate of drug-likeness (QED) is 0.828. The smallest absolute Gasteiger partial charge is 0.344 e. The summed E-state index contributed by atoms with van der Waals surface area (Å²) in [7, 11) is 0. The highest BCUT2D eigenvalue weighted by molar-refractivity contribution is 5.92. The Hall–Kier alpha value is -2.82. The number of benzene rings is 2. The van der Waals surface area contributed by atoms with Crippen LogP contribution in [0.2, 0.25) is 0 Å². The van der Waals surface area contributed by atoms with E-state index in [9.17, 15) is 9.59 Å². The second-order valence-corrected chi connectivity index (χ2v) is 5.56. The van der Waals surface area contributed by atoms with Gasteiger partial charge in [-0.15, -0.1) is 0 Å². The summed E-state index contributed by atoms with van der Waals surface area (Å²) in [5.41, 5.74) is 3.82. The molecule has 0 aromatic heterocycles. The normalized spacial score (nSPS) is 10.1. The minimum absolute atomic E-state index is 0.234. The van der Waals surface area contributed by atoms with E-state index in [4.69, 9.17) is 9.47 Å². The predicted octanol–water partition coefficient (Wildman–Crippen LogP) is 3.17. The van der Waals surface area contributed by atoms with Gasteiger partial charge in [0.25, 0.3) is 5.91 Å². The molecule has 1 amide bonds.